The molecule has 1 aromatic rings. The Morgan fingerprint density at radius 2 is 1.74 bits per heavy atom. The molecule has 2 heteroatoms. The molecule has 1 heterocycles. The van der Waals surface area contributed by atoms with Gasteiger partial charge in [0.25, 0.3) is 0 Å². The highest BCUT2D eigenvalue weighted by Gasteiger charge is 2.29. The lowest BCUT2D eigenvalue weighted by Gasteiger charge is -2.37. The highest BCUT2D eigenvalue weighted by molar-refractivity contribution is 5.08. The molecule has 0 amide bonds. The SMILES string of the molecule is CC(C)(C)C1CCC(CNCc2ccncc2)CC1. The van der Waals surface area contributed by atoms with Gasteiger partial charge in [0.2, 0.25) is 0 Å². The minimum atomic E-state index is 0.495. The molecular weight excluding hydrogens is 232 g/mol. The van der Waals surface area contributed by atoms with Crippen LogP contribution in [0.5, 0.6) is 0 Å². The molecular formula is C17H28N2. The maximum absolute atomic E-state index is 4.05. The second kappa shape index (κ2) is 6.51. The van der Waals surface area contributed by atoms with Gasteiger partial charge in [0.1, 0.15) is 0 Å². The van der Waals surface area contributed by atoms with E-state index in [-0.39, 0.29) is 0 Å². The van der Waals surface area contributed by atoms with E-state index in [1.165, 1.54) is 37.8 Å². The Morgan fingerprint density at radius 1 is 1.11 bits per heavy atom. The second-order valence-corrected chi connectivity index (χ2v) is 7.07. The molecule has 2 rings (SSSR count). The lowest BCUT2D eigenvalue weighted by Crippen LogP contribution is -2.30. The van der Waals surface area contributed by atoms with Crippen molar-refractivity contribution in [1.82, 2.24) is 10.3 Å². The van der Waals surface area contributed by atoms with Crippen molar-refractivity contribution in [1.29, 1.82) is 0 Å². The van der Waals surface area contributed by atoms with E-state index in [0.29, 0.717) is 5.41 Å². The summed E-state index contributed by atoms with van der Waals surface area (Å²) >= 11 is 0. The van der Waals surface area contributed by atoms with Gasteiger partial charge in [-0.2, -0.15) is 0 Å². The average Bonchev–Trinajstić information content (AvgIpc) is 2.39. The zero-order chi connectivity index (χ0) is 13.7. The summed E-state index contributed by atoms with van der Waals surface area (Å²) in [6.07, 6.45) is 9.34. The van der Waals surface area contributed by atoms with Crippen LogP contribution in [0.15, 0.2) is 24.5 Å². The number of rotatable bonds is 4. The fraction of sp³-hybridized carbons (Fsp3) is 0.706. The van der Waals surface area contributed by atoms with Crippen LogP contribution in [0.1, 0.15) is 52.0 Å². The summed E-state index contributed by atoms with van der Waals surface area (Å²) in [7, 11) is 0. The Labute approximate surface area is 118 Å². The van der Waals surface area contributed by atoms with Crippen molar-refractivity contribution in [2.45, 2.75) is 53.0 Å². The molecule has 1 fully saturated rings. The first-order valence-corrected chi connectivity index (χ1v) is 7.65. The van der Waals surface area contributed by atoms with Crippen molar-refractivity contribution in [2.24, 2.45) is 17.3 Å². The number of hydrogen-bond acceptors (Lipinski definition) is 2. The number of hydrogen-bond donors (Lipinski definition) is 1. The first-order valence-electron chi connectivity index (χ1n) is 7.65. The Bertz CT molecular complexity index is 359. The van der Waals surface area contributed by atoms with E-state index in [2.05, 4.69) is 43.2 Å². The Balaban J connectivity index is 1.66. The van der Waals surface area contributed by atoms with Crippen molar-refractivity contribution in [3.05, 3.63) is 30.1 Å². The van der Waals surface area contributed by atoms with E-state index < -0.39 is 0 Å². The molecule has 0 unspecified atom stereocenters. The van der Waals surface area contributed by atoms with Gasteiger partial charge in [0, 0.05) is 18.9 Å². The van der Waals surface area contributed by atoms with E-state index in [1.54, 1.807) is 0 Å². The van der Waals surface area contributed by atoms with Crippen LogP contribution in [0.25, 0.3) is 0 Å². The quantitative estimate of drug-likeness (QED) is 0.884. The van der Waals surface area contributed by atoms with Gasteiger partial charge in [-0.05, 0) is 67.2 Å². The van der Waals surface area contributed by atoms with Crippen molar-refractivity contribution in [3.8, 4) is 0 Å². The Kier molecular flexibility index (Phi) is 4.98. The molecule has 106 valence electrons. The zero-order valence-electron chi connectivity index (χ0n) is 12.7. The summed E-state index contributed by atoms with van der Waals surface area (Å²) in [6, 6.07) is 4.17. The van der Waals surface area contributed by atoms with E-state index in [4.69, 9.17) is 0 Å². The lowest BCUT2D eigenvalue weighted by molar-refractivity contribution is 0.149. The monoisotopic (exact) mass is 260 g/mol. The molecule has 1 aliphatic rings. The predicted octanol–water partition coefficient (Wildman–Crippen LogP) is 4.02. The maximum atomic E-state index is 4.05. The second-order valence-electron chi connectivity index (χ2n) is 7.07. The van der Waals surface area contributed by atoms with Gasteiger partial charge in [-0.25, -0.2) is 0 Å². The number of nitrogens with zero attached hydrogens (tertiary/aromatic N) is 1. The van der Waals surface area contributed by atoms with Crippen LogP contribution in [0, 0.1) is 17.3 Å². The predicted molar refractivity (Wildman–Crippen MR) is 80.8 cm³/mol. The Morgan fingerprint density at radius 3 is 2.32 bits per heavy atom. The number of aromatic nitrogens is 1. The summed E-state index contributed by atoms with van der Waals surface area (Å²) < 4.78 is 0. The minimum Gasteiger partial charge on any atom is -0.312 e. The van der Waals surface area contributed by atoms with Crippen LogP contribution in [0.3, 0.4) is 0 Å². The lowest BCUT2D eigenvalue weighted by atomic mass is 9.70. The van der Waals surface area contributed by atoms with Crippen molar-refractivity contribution >= 4 is 0 Å². The summed E-state index contributed by atoms with van der Waals surface area (Å²) in [5.41, 5.74) is 1.83. The van der Waals surface area contributed by atoms with Crippen LogP contribution < -0.4 is 5.32 Å². The molecule has 0 saturated heterocycles. The normalized spacial score (nSPS) is 24.4. The van der Waals surface area contributed by atoms with Gasteiger partial charge < -0.3 is 5.32 Å². The zero-order valence-corrected chi connectivity index (χ0v) is 12.7. The number of nitrogens with one attached hydrogen (secondary N) is 1. The average molecular weight is 260 g/mol. The maximum Gasteiger partial charge on any atom is 0.0271 e. The summed E-state index contributed by atoms with van der Waals surface area (Å²) in [5, 5.41) is 3.60. The molecule has 1 aromatic heterocycles. The molecule has 0 radical (unpaired) electrons. The third kappa shape index (κ3) is 4.61. The van der Waals surface area contributed by atoms with E-state index in [1.807, 2.05) is 12.4 Å². The first-order chi connectivity index (χ1) is 9.05. The smallest absolute Gasteiger partial charge is 0.0271 e. The van der Waals surface area contributed by atoms with Crippen LogP contribution in [-0.4, -0.2) is 11.5 Å². The standard InChI is InChI=1S/C17H28N2/c1-17(2,3)16-6-4-14(5-7-16)12-19-13-15-8-10-18-11-9-15/h8-11,14,16,19H,4-7,12-13H2,1-3H3. The molecule has 1 N–H and O–H groups in total. The molecule has 0 aromatic carbocycles. The molecule has 1 aliphatic carbocycles. The fourth-order valence-corrected chi connectivity index (χ4v) is 3.15. The van der Waals surface area contributed by atoms with Crippen molar-refractivity contribution < 1.29 is 0 Å². The molecule has 0 atom stereocenters. The van der Waals surface area contributed by atoms with Gasteiger partial charge in [0.15, 0.2) is 0 Å². The first kappa shape index (κ1) is 14.5. The summed E-state index contributed by atoms with van der Waals surface area (Å²) in [6.45, 7) is 9.31. The van der Waals surface area contributed by atoms with Gasteiger partial charge >= 0.3 is 0 Å². The van der Waals surface area contributed by atoms with Gasteiger partial charge in [0.05, 0.1) is 0 Å². The topological polar surface area (TPSA) is 24.9 Å². The van der Waals surface area contributed by atoms with E-state index in [0.717, 1.165) is 18.4 Å². The minimum absolute atomic E-state index is 0.495. The van der Waals surface area contributed by atoms with Crippen LogP contribution in [0.2, 0.25) is 0 Å². The van der Waals surface area contributed by atoms with Gasteiger partial charge in [-0.1, -0.05) is 20.8 Å². The fourth-order valence-electron chi connectivity index (χ4n) is 3.15. The highest BCUT2D eigenvalue weighted by atomic mass is 14.9. The molecule has 0 aliphatic heterocycles. The Hall–Kier alpha value is -0.890. The van der Waals surface area contributed by atoms with Crippen molar-refractivity contribution in [2.75, 3.05) is 6.54 Å². The summed E-state index contributed by atoms with van der Waals surface area (Å²) in [4.78, 5) is 4.05. The highest BCUT2D eigenvalue weighted by Crippen LogP contribution is 2.39. The van der Waals surface area contributed by atoms with Gasteiger partial charge in [-0.15, -0.1) is 0 Å². The van der Waals surface area contributed by atoms with Crippen molar-refractivity contribution in [3.63, 3.8) is 0 Å². The largest absolute Gasteiger partial charge is 0.312 e. The number of pyridine rings is 1. The van der Waals surface area contributed by atoms with E-state index >= 15 is 0 Å². The molecule has 19 heavy (non-hydrogen) atoms. The van der Waals surface area contributed by atoms with Crippen LogP contribution in [0.4, 0.5) is 0 Å². The molecule has 0 bridgehead atoms. The van der Waals surface area contributed by atoms with Gasteiger partial charge in [-0.3, -0.25) is 4.98 Å². The molecule has 0 spiro atoms. The molecule has 1 saturated carbocycles. The van der Waals surface area contributed by atoms with Crippen LogP contribution in [-0.2, 0) is 6.54 Å². The third-order valence-corrected chi connectivity index (χ3v) is 4.58. The molecule has 2 nitrogen and oxygen atoms in total. The summed E-state index contributed by atoms with van der Waals surface area (Å²) in [5.74, 6) is 1.80. The third-order valence-electron chi connectivity index (χ3n) is 4.58. The van der Waals surface area contributed by atoms with Crippen LogP contribution >= 0.6 is 0 Å². The van der Waals surface area contributed by atoms with E-state index in [9.17, 15) is 0 Å².